The average Bonchev–Trinajstić information content (AvgIpc) is 2.11. The average molecular weight is 305 g/mol. The third-order valence-corrected chi connectivity index (χ3v) is 2.61. The van der Waals surface area contributed by atoms with Gasteiger partial charge >= 0.3 is 5.97 Å². The highest BCUT2D eigenvalue weighted by Gasteiger charge is 2.11. The Bertz CT molecular complexity index is 352. The lowest BCUT2D eigenvalue weighted by molar-refractivity contribution is -0.137. The molecule has 1 unspecified atom stereocenters. The normalized spacial score (nSPS) is 12.2. The van der Waals surface area contributed by atoms with Gasteiger partial charge in [-0.05, 0) is 54.1 Å². The third-order valence-electron chi connectivity index (χ3n) is 1.94. The maximum atomic E-state index is 10.6. The summed E-state index contributed by atoms with van der Waals surface area (Å²) in [6.45, 7) is 3.58. The lowest BCUT2D eigenvalue weighted by atomic mass is 10.2. The number of carboxylic acid groups (broad SMARTS) is 1. The summed E-state index contributed by atoms with van der Waals surface area (Å²) in [6, 6.07) is 5.34. The van der Waals surface area contributed by atoms with Crippen LogP contribution in [0.25, 0.3) is 0 Å². The van der Waals surface area contributed by atoms with E-state index in [4.69, 9.17) is 5.11 Å². The third kappa shape index (κ3) is 2.87. The van der Waals surface area contributed by atoms with Crippen LogP contribution in [0, 0.1) is 10.5 Å². The van der Waals surface area contributed by atoms with E-state index in [2.05, 4.69) is 27.9 Å². The first kappa shape index (κ1) is 11.3. The minimum absolute atomic E-state index is 0.563. The SMILES string of the molecule is Cc1ccc(I)cc1NC(C)C(=O)O. The Morgan fingerprint density at radius 1 is 1.57 bits per heavy atom. The van der Waals surface area contributed by atoms with E-state index < -0.39 is 12.0 Å². The topological polar surface area (TPSA) is 49.3 Å². The van der Waals surface area contributed by atoms with Crippen LogP contribution in [-0.4, -0.2) is 17.1 Å². The Morgan fingerprint density at radius 3 is 2.79 bits per heavy atom. The summed E-state index contributed by atoms with van der Waals surface area (Å²) in [5, 5.41) is 11.7. The molecule has 0 saturated heterocycles. The summed E-state index contributed by atoms with van der Waals surface area (Å²) in [4.78, 5) is 10.6. The molecule has 76 valence electrons. The minimum Gasteiger partial charge on any atom is -0.480 e. The minimum atomic E-state index is -0.844. The summed E-state index contributed by atoms with van der Waals surface area (Å²) >= 11 is 2.20. The zero-order valence-corrected chi connectivity index (χ0v) is 10.2. The van der Waals surface area contributed by atoms with Crippen molar-refractivity contribution in [3.8, 4) is 0 Å². The molecule has 0 fully saturated rings. The fraction of sp³-hybridized carbons (Fsp3) is 0.300. The van der Waals surface area contributed by atoms with E-state index in [0.717, 1.165) is 14.8 Å². The van der Waals surface area contributed by atoms with Gasteiger partial charge in [-0.2, -0.15) is 0 Å². The molecular formula is C10H12INO2. The molecule has 1 aromatic carbocycles. The molecule has 1 aromatic rings. The van der Waals surface area contributed by atoms with E-state index in [-0.39, 0.29) is 0 Å². The number of aryl methyl sites for hydroxylation is 1. The number of hydrogen-bond donors (Lipinski definition) is 2. The number of hydrogen-bond acceptors (Lipinski definition) is 2. The molecular weight excluding hydrogens is 293 g/mol. The van der Waals surface area contributed by atoms with Gasteiger partial charge in [-0.15, -0.1) is 0 Å². The number of anilines is 1. The Kier molecular flexibility index (Phi) is 3.74. The number of carboxylic acids is 1. The second-order valence-electron chi connectivity index (χ2n) is 3.16. The molecule has 14 heavy (non-hydrogen) atoms. The first-order chi connectivity index (χ1) is 6.50. The summed E-state index contributed by atoms with van der Waals surface area (Å²) < 4.78 is 1.09. The molecule has 3 nitrogen and oxygen atoms in total. The lowest BCUT2D eigenvalue weighted by Crippen LogP contribution is -2.25. The Morgan fingerprint density at radius 2 is 2.21 bits per heavy atom. The van der Waals surface area contributed by atoms with Crippen LogP contribution >= 0.6 is 22.6 Å². The Labute approximate surface area is 96.7 Å². The molecule has 2 N–H and O–H groups in total. The van der Waals surface area contributed by atoms with E-state index in [0.29, 0.717) is 0 Å². The molecule has 4 heteroatoms. The molecule has 0 aliphatic rings. The highest BCUT2D eigenvalue weighted by Crippen LogP contribution is 2.18. The predicted molar refractivity (Wildman–Crippen MR) is 64.6 cm³/mol. The molecule has 0 saturated carbocycles. The van der Waals surface area contributed by atoms with Crippen molar-refractivity contribution in [2.45, 2.75) is 19.9 Å². The fourth-order valence-corrected chi connectivity index (χ4v) is 1.54. The number of aliphatic carboxylic acids is 1. The second-order valence-corrected chi connectivity index (χ2v) is 4.41. The van der Waals surface area contributed by atoms with Gasteiger partial charge in [0.05, 0.1) is 0 Å². The van der Waals surface area contributed by atoms with E-state index in [1.54, 1.807) is 6.92 Å². The van der Waals surface area contributed by atoms with Crippen LogP contribution in [-0.2, 0) is 4.79 Å². The van der Waals surface area contributed by atoms with Crippen LogP contribution in [0.2, 0.25) is 0 Å². The summed E-state index contributed by atoms with van der Waals surface area (Å²) in [6.07, 6.45) is 0. The number of halogens is 1. The van der Waals surface area contributed by atoms with E-state index >= 15 is 0 Å². The first-order valence-corrected chi connectivity index (χ1v) is 5.34. The predicted octanol–water partition coefficient (Wildman–Crippen LogP) is 2.48. The van der Waals surface area contributed by atoms with Crippen LogP contribution in [0.5, 0.6) is 0 Å². The first-order valence-electron chi connectivity index (χ1n) is 4.26. The van der Waals surface area contributed by atoms with Crippen LogP contribution in [0.3, 0.4) is 0 Å². The molecule has 1 rings (SSSR count). The van der Waals surface area contributed by atoms with Gasteiger partial charge in [0.2, 0.25) is 0 Å². The van der Waals surface area contributed by atoms with E-state index in [1.807, 2.05) is 25.1 Å². The summed E-state index contributed by atoms with van der Waals surface area (Å²) in [7, 11) is 0. The van der Waals surface area contributed by atoms with Crippen molar-refractivity contribution < 1.29 is 9.90 Å². The van der Waals surface area contributed by atoms with Gasteiger partial charge in [0.1, 0.15) is 6.04 Å². The van der Waals surface area contributed by atoms with Crippen molar-refractivity contribution >= 4 is 34.2 Å². The molecule has 1 atom stereocenters. The van der Waals surface area contributed by atoms with Crippen molar-refractivity contribution in [3.63, 3.8) is 0 Å². The summed E-state index contributed by atoms with van der Waals surface area (Å²) in [5.41, 5.74) is 1.94. The molecule has 0 heterocycles. The monoisotopic (exact) mass is 305 g/mol. The van der Waals surface area contributed by atoms with E-state index in [1.165, 1.54) is 0 Å². The fourth-order valence-electron chi connectivity index (χ4n) is 1.04. The van der Waals surface area contributed by atoms with Gasteiger partial charge in [0.15, 0.2) is 0 Å². The molecule has 0 bridgehead atoms. The van der Waals surface area contributed by atoms with Crippen molar-refractivity contribution in [1.29, 1.82) is 0 Å². The van der Waals surface area contributed by atoms with Gasteiger partial charge < -0.3 is 10.4 Å². The zero-order valence-electron chi connectivity index (χ0n) is 8.04. The van der Waals surface area contributed by atoms with Crippen LogP contribution < -0.4 is 5.32 Å². The maximum Gasteiger partial charge on any atom is 0.325 e. The Balaban J connectivity index is 2.85. The number of benzene rings is 1. The van der Waals surface area contributed by atoms with Crippen molar-refractivity contribution in [3.05, 3.63) is 27.3 Å². The van der Waals surface area contributed by atoms with E-state index in [9.17, 15) is 4.79 Å². The molecule has 0 spiro atoms. The molecule has 0 radical (unpaired) electrons. The van der Waals surface area contributed by atoms with Gasteiger partial charge in [-0.25, -0.2) is 0 Å². The van der Waals surface area contributed by atoms with Gasteiger partial charge in [-0.3, -0.25) is 4.79 Å². The van der Waals surface area contributed by atoms with Crippen molar-refractivity contribution in [1.82, 2.24) is 0 Å². The standard InChI is InChI=1S/C10H12INO2/c1-6-3-4-8(11)5-9(6)12-7(2)10(13)14/h3-5,7,12H,1-2H3,(H,13,14). The molecule has 0 amide bonds. The molecule has 0 aliphatic carbocycles. The van der Waals surface area contributed by atoms with Gasteiger partial charge in [0.25, 0.3) is 0 Å². The van der Waals surface area contributed by atoms with Gasteiger partial charge in [0, 0.05) is 9.26 Å². The quantitative estimate of drug-likeness (QED) is 0.844. The van der Waals surface area contributed by atoms with Crippen LogP contribution in [0.15, 0.2) is 18.2 Å². The number of rotatable bonds is 3. The number of carbonyl (C=O) groups is 1. The van der Waals surface area contributed by atoms with Gasteiger partial charge in [-0.1, -0.05) is 6.07 Å². The smallest absolute Gasteiger partial charge is 0.325 e. The zero-order chi connectivity index (χ0) is 10.7. The van der Waals surface area contributed by atoms with Crippen molar-refractivity contribution in [2.24, 2.45) is 0 Å². The lowest BCUT2D eigenvalue weighted by Gasteiger charge is -2.13. The highest BCUT2D eigenvalue weighted by atomic mass is 127. The second kappa shape index (κ2) is 4.63. The largest absolute Gasteiger partial charge is 0.480 e. The summed E-state index contributed by atoms with van der Waals surface area (Å²) in [5.74, 6) is -0.844. The molecule has 0 aliphatic heterocycles. The maximum absolute atomic E-state index is 10.6. The Hall–Kier alpha value is -0.780. The number of nitrogens with one attached hydrogen (secondary N) is 1. The highest BCUT2D eigenvalue weighted by molar-refractivity contribution is 14.1. The molecule has 0 aromatic heterocycles. The van der Waals surface area contributed by atoms with Crippen LogP contribution in [0.1, 0.15) is 12.5 Å². The van der Waals surface area contributed by atoms with Crippen molar-refractivity contribution in [2.75, 3.05) is 5.32 Å². The van der Waals surface area contributed by atoms with Crippen LogP contribution in [0.4, 0.5) is 5.69 Å².